The molecule has 1 atom stereocenters. The average Bonchev–Trinajstić information content (AvgIpc) is 2.30. The molecule has 0 aliphatic heterocycles. The quantitative estimate of drug-likeness (QED) is 0.682. The van der Waals surface area contributed by atoms with Crippen LogP contribution in [0.1, 0.15) is 11.6 Å². The van der Waals surface area contributed by atoms with E-state index in [1.807, 2.05) is 25.4 Å². The largest absolute Gasteiger partial charge is 0.382 e. The molecule has 0 amide bonds. The van der Waals surface area contributed by atoms with Crippen molar-refractivity contribution in [1.82, 2.24) is 10.3 Å². The van der Waals surface area contributed by atoms with Crippen LogP contribution in [-0.2, 0) is 9.47 Å². The molecule has 84 valence electrons. The average molecular weight is 210 g/mol. The predicted molar refractivity (Wildman–Crippen MR) is 58.7 cm³/mol. The van der Waals surface area contributed by atoms with E-state index >= 15 is 0 Å². The molecule has 0 saturated heterocycles. The molecule has 1 rings (SSSR count). The molecular weight excluding hydrogens is 192 g/mol. The molecule has 1 aromatic rings. The van der Waals surface area contributed by atoms with Crippen molar-refractivity contribution in [2.75, 3.05) is 34.0 Å². The number of hydrogen-bond acceptors (Lipinski definition) is 4. The van der Waals surface area contributed by atoms with E-state index in [9.17, 15) is 0 Å². The van der Waals surface area contributed by atoms with Gasteiger partial charge in [0.2, 0.25) is 0 Å². The van der Waals surface area contributed by atoms with Crippen molar-refractivity contribution in [1.29, 1.82) is 0 Å². The molecule has 1 aromatic heterocycles. The van der Waals surface area contributed by atoms with Gasteiger partial charge in [-0.2, -0.15) is 0 Å². The minimum absolute atomic E-state index is 0.190. The van der Waals surface area contributed by atoms with Crippen LogP contribution >= 0.6 is 0 Å². The van der Waals surface area contributed by atoms with Gasteiger partial charge in [0.25, 0.3) is 0 Å². The van der Waals surface area contributed by atoms with Crippen LogP contribution in [0.15, 0.2) is 24.5 Å². The summed E-state index contributed by atoms with van der Waals surface area (Å²) in [5.74, 6) is 0. The molecule has 4 heteroatoms. The van der Waals surface area contributed by atoms with Crippen molar-refractivity contribution in [3.05, 3.63) is 30.1 Å². The number of pyridine rings is 1. The molecule has 0 saturated carbocycles. The third-order valence-electron chi connectivity index (χ3n) is 2.15. The Hall–Kier alpha value is -0.970. The van der Waals surface area contributed by atoms with Gasteiger partial charge in [0, 0.05) is 19.5 Å². The molecular formula is C11H18N2O2. The monoisotopic (exact) mass is 210 g/mol. The zero-order chi connectivity index (χ0) is 10.9. The van der Waals surface area contributed by atoms with E-state index in [2.05, 4.69) is 10.3 Å². The molecule has 1 N–H and O–H groups in total. The Morgan fingerprint density at radius 1 is 1.47 bits per heavy atom. The zero-order valence-corrected chi connectivity index (χ0v) is 9.27. The van der Waals surface area contributed by atoms with Crippen LogP contribution in [0.5, 0.6) is 0 Å². The fourth-order valence-corrected chi connectivity index (χ4v) is 1.27. The first-order chi connectivity index (χ1) is 7.38. The number of aromatic nitrogens is 1. The smallest absolute Gasteiger partial charge is 0.0701 e. The van der Waals surface area contributed by atoms with E-state index in [4.69, 9.17) is 9.47 Å². The molecule has 0 spiro atoms. The summed E-state index contributed by atoms with van der Waals surface area (Å²) in [4.78, 5) is 4.08. The highest BCUT2D eigenvalue weighted by Gasteiger charge is 2.08. The topological polar surface area (TPSA) is 43.4 Å². The molecule has 15 heavy (non-hydrogen) atoms. The normalized spacial score (nSPS) is 12.7. The summed E-state index contributed by atoms with van der Waals surface area (Å²) in [5, 5.41) is 3.19. The summed E-state index contributed by atoms with van der Waals surface area (Å²) >= 11 is 0. The maximum atomic E-state index is 5.47. The van der Waals surface area contributed by atoms with Crippen LogP contribution in [0, 0.1) is 0 Å². The minimum atomic E-state index is 0.190. The van der Waals surface area contributed by atoms with Crippen LogP contribution < -0.4 is 5.32 Å². The van der Waals surface area contributed by atoms with Gasteiger partial charge in [0.1, 0.15) is 0 Å². The first-order valence-corrected chi connectivity index (χ1v) is 5.02. The summed E-state index contributed by atoms with van der Waals surface area (Å²) in [7, 11) is 3.58. The molecule has 0 aromatic carbocycles. The summed E-state index contributed by atoms with van der Waals surface area (Å²) in [6.07, 6.45) is 3.61. The van der Waals surface area contributed by atoms with E-state index in [1.54, 1.807) is 13.3 Å². The first kappa shape index (κ1) is 12.1. The Morgan fingerprint density at radius 2 is 2.33 bits per heavy atom. The molecule has 1 heterocycles. The third-order valence-corrected chi connectivity index (χ3v) is 2.15. The second kappa shape index (κ2) is 7.34. The Labute approximate surface area is 90.6 Å². The maximum absolute atomic E-state index is 5.47. The lowest BCUT2D eigenvalue weighted by molar-refractivity contribution is 0.0596. The lowest BCUT2D eigenvalue weighted by Gasteiger charge is -2.16. The maximum Gasteiger partial charge on any atom is 0.0701 e. The van der Waals surface area contributed by atoms with Gasteiger partial charge >= 0.3 is 0 Å². The van der Waals surface area contributed by atoms with Crippen molar-refractivity contribution in [3.8, 4) is 0 Å². The Bertz CT molecular complexity index is 254. The van der Waals surface area contributed by atoms with Crippen molar-refractivity contribution in [2.45, 2.75) is 6.04 Å². The predicted octanol–water partition coefficient (Wildman–Crippen LogP) is 1.01. The van der Waals surface area contributed by atoms with Gasteiger partial charge in [0.05, 0.1) is 25.9 Å². The van der Waals surface area contributed by atoms with E-state index in [0.717, 1.165) is 5.56 Å². The van der Waals surface area contributed by atoms with Crippen LogP contribution in [0.2, 0.25) is 0 Å². The van der Waals surface area contributed by atoms with Gasteiger partial charge in [-0.05, 0) is 18.7 Å². The van der Waals surface area contributed by atoms with Gasteiger partial charge in [-0.1, -0.05) is 6.07 Å². The van der Waals surface area contributed by atoms with Gasteiger partial charge < -0.3 is 14.8 Å². The van der Waals surface area contributed by atoms with Gasteiger partial charge in [-0.15, -0.1) is 0 Å². The summed E-state index contributed by atoms with van der Waals surface area (Å²) in [6.45, 7) is 1.88. The third kappa shape index (κ3) is 4.38. The number of methoxy groups -OCH3 is 1. The van der Waals surface area contributed by atoms with E-state index in [-0.39, 0.29) is 6.04 Å². The molecule has 0 bridgehead atoms. The lowest BCUT2D eigenvalue weighted by Crippen LogP contribution is -2.22. The van der Waals surface area contributed by atoms with Crippen molar-refractivity contribution in [3.63, 3.8) is 0 Å². The van der Waals surface area contributed by atoms with E-state index in [0.29, 0.717) is 19.8 Å². The first-order valence-electron chi connectivity index (χ1n) is 5.02. The van der Waals surface area contributed by atoms with Crippen LogP contribution in [0.25, 0.3) is 0 Å². The summed E-state index contributed by atoms with van der Waals surface area (Å²) in [6, 6.07) is 4.15. The number of rotatable bonds is 7. The summed E-state index contributed by atoms with van der Waals surface area (Å²) in [5.41, 5.74) is 1.14. The molecule has 0 aliphatic rings. The zero-order valence-electron chi connectivity index (χ0n) is 9.27. The molecule has 4 nitrogen and oxygen atoms in total. The Kier molecular flexibility index (Phi) is 5.92. The number of ether oxygens (including phenoxy) is 2. The van der Waals surface area contributed by atoms with Crippen molar-refractivity contribution in [2.24, 2.45) is 0 Å². The Morgan fingerprint density at radius 3 is 2.93 bits per heavy atom. The van der Waals surface area contributed by atoms with Crippen molar-refractivity contribution >= 4 is 0 Å². The Balaban J connectivity index is 2.36. The summed E-state index contributed by atoms with van der Waals surface area (Å²) < 4.78 is 10.4. The van der Waals surface area contributed by atoms with Crippen LogP contribution in [-0.4, -0.2) is 39.0 Å². The highest BCUT2D eigenvalue weighted by Crippen LogP contribution is 2.10. The van der Waals surface area contributed by atoms with Crippen LogP contribution in [0.4, 0.5) is 0 Å². The number of hydrogen-bond donors (Lipinski definition) is 1. The minimum Gasteiger partial charge on any atom is -0.382 e. The standard InChI is InChI=1S/C11H18N2O2/c1-12-11(9-15-7-6-14-2)10-4-3-5-13-8-10/h3-5,8,11-12H,6-7,9H2,1-2H3. The van der Waals surface area contributed by atoms with Crippen LogP contribution in [0.3, 0.4) is 0 Å². The molecule has 0 fully saturated rings. The lowest BCUT2D eigenvalue weighted by atomic mass is 10.1. The molecule has 0 aliphatic carbocycles. The SMILES string of the molecule is CNC(COCCOC)c1cccnc1. The van der Waals surface area contributed by atoms with Gasteiger partial charge in [-0.3, -0.25) is 4.98 Å². The van der Waals surface area contributed by atoms with E-state index < -0.39 is 0 Å². The van der Waals surface area contributed by atoms with Gasteiger partial charge in [0.15, 0.2) is 0 Å². The fourth-order valence-electron chi connectivity index (χ4n) is 1.27. The van der Waals surface area contributed by atoms with Crippen molar-refractivity contribution < 1.29 is 9.47 Å². The molecule has 0 radical (unpaired) electrons. The highest BCUT2D eigenvalue weighted by atomic mass is 16.5. The van der Waals surface area contributed by atoms with E-state index in [1.165, 1.54) is 0 Å². The fraction of sp³-hybridized carbons (Fsp3) is 0.545. The number of nitrogens with one attached hydrogen (secondary N) is 1. The number of nitrogens with zero attached hydrogens (tertiary/aromatic N) is 1. The second-order valence-corrected chi connectivity index (χ2v) is 3.20. The molecule has 1 unspecified atom stereocenters. The highest BCUT2D eigenvalue weighted by molar-refractivity contribution is 5.13. The van der Waals surface area contributed by atoms with Gasteiger partial charge in [-0.25, -0.2) is 0 Å². The number of likely N-dealkylation sites (N-methyl/N-ethyl adjacent to an activating group) is 1. The second-order valence-electron chi connectivity index (χ2n) is 3.20.